The van der Waals surface area contributed by atoms with E-state index in [9.17, 15) is 13.6 Å². The summed E-state index contributed by atoms with van der Waals surface area (Å²) in [5.41, 5.74) is 0.753. The van der Waals surface area contributed by atoms with Crippen LogP contribution in [0.1, 0.15) is 46.0 Å². The number of fused-ring (bicyclic) bond motifs is 1. The standard InChI is InChI=1S/C22H24Cl2F2N4O/c1-22(2)7-5-11(6-8-22)27-20(31)12-9-16-17(10-15(12)25)29-21(28-16)30-19-14(24)4-3-13(23)18(19)26/h3-4,9,11,17H,5-8,10H2,1-2H3,(H,27,31)(H2,28,29,30). The topological polar surface area (TPSA) is 65.5 Å². The zero-order valence-electron chi connectivity index (χ0n) is 17.3. The first kappa shape index (κ1) is 22.1. The number of hydrogen-bond acceptors (Lipinski definition) is 4. The molecular weight excluding hydrogens is 445 g/mol. The fraction of sp³-hybridized carbons (Fsp3) is 0.455. The fourth-order valence-electron chi connectivity index (χ4n) is 4.10. The average molecular weight is 469 g/mol. The van der Waals surface area contributed by atoms with Crippen molar-refractivity contribution in [3.63, 3.8) is 0 Å². The van der Waals surface area contributed by atoms with Gasteiger partial charge in [0.1, 0.15) is 5.83 Å². The molecule has 1 atom stereocenters. The van der Waals surface area contributed by atoms with Crippen molar-refractivity contribution < 1.29 is 13.6 Å². The third-order valence-electron chi connectivity index (χ3n) is 6.08. The molecule has 1 heterocycles. The molecule has 1 amide bonds. The number of amides is 1. The zero-order valence-corrected chi connectivity index (χ0v) is 18.8. The summed E-state index contributed by atoms with van der Waals surface area (Å²) in [6.07, 6.45) is 5.23. The number of anilines is 1. The van der Waals surface area contributed by atoms with Gasteiger partial charge in [-0.05, 0) is 49.3 Å². The molecule has 5 nitrogen and oxygen atoms in total. The van der Waals surface area contributed by atoms with Gasteiger partial charge in [0.2, 0.25) is 5.96 Å². The van der Waals surface area contributed by atoms with Crippen molar-refractivity contribution in [2.75, 3.05) is 5.32 Å². The summed E-state index contributed by atoms with van der Waals surface area (Å²) < 4.78 is 29.0. The lowest BCUT2D eigenvalue weighted by Crippen LogP contribution is -2.41. The smallest absolute Gasteiger partial charge is 0.254 e. The zero-order chi connectivity index (χ0) is 22.3. The Balaban J connectivity index is 1.47. The lowest BCUT2D eigenvalue weighted by atomic mass is 9.75. The molecule has 1 aromatic carbocycles. The number of hydrogen-bond donors (Lipinski definition) is 3. The molecule has 31 heavy (non-hydrogen) atoms. The SMILES string of the molecule is CC1(C)CCC(NC(=O)C2=C(F)CC3NC(Nc4c(Cl)ccc(Cl)c4F)=NC3=C2)CC1. The monoisotopic (exact) mass is 468 g/mol. The van der Waals surface area contributed by atoms with E-state index >= 15 is 0 Å². The number of carbonyl (C=O) groups is 1. The Hall–Kier alpha value is -2.12. The van der Waals surface area contributed by atoms with Crippen LogP contribution in [0, 0.1) is 11.2 Å². The van der Waals surface area contributed by atoms with Crippen molar-refractivity contribution in [3.8, 4) is 0 Å². The second-order valence-corrected chi connectivity index (χ2v) is 9.82. The van der Waals surface area contributed by atoms with E-state index in [0.29, 0.717) is 5.70 Å². The van der Waals surface area contributed by atoms with Crippen molar-refractivity contribution in [3.05, 3.63) is 51.2 Å². The van der Waals surface area contributed by atoms with Crippen LogP contribution in [0.25, 0.3) is 0 Å². The quantitative estimate of drug-likeness (QED) is 0.515. The molecule has 0 spiro atoms. The lowest BCUT2D eigenvalue weighted by molar-refractivity contribution is -0.118. The first-order chi connectivity index (χ1) is 14.6. The summed E-state index contributed by atoms with van der Waals surface area (Å²) in [5, 5.41) is 8.78. The van der Waals surface area contributed by atoms with Gasteiger partial charge in [-0.25, -0.2) is 13.8 Å². The molecule has 3 N–H and O–H groups in total. The van der Waals surface area contributed by atoms with Crippen LogP contribution in [0.4, 0.5) is 14.5 Å². The van der Waals surface area contributed by atoms with Crippen molar-refractivity contribution in [2.24, 2.45) is 10.4 Å². The van der Waals surface area contributed by atoms with Crippen molar-refractivity contribution in [1.82, 2.24) is 10.6 Å². The van der Waals surface area contributed by atoms with E-state index in [1.807, 2.05) is 0 Å². The van der Waals surface area contributed by atoms with Crippen LogP contribution < -0.4 is 16.0 Å². The maximum absolute atomic E-state index is 14.7. The highest BCUT2D eigenvalue weighted by Gasteiger charge is 2.33. The van der Waals surface area contributed by atoms with Crippen LogP contribution >= 0.6 is 23.2 Å². The van der Waals surface area contributed by atoms with Gasteiger partial charge in [0.05, 0.1) is 33.0 Å². The molecule has 1 saturated carbocycles. The molecule has 1 aromatic rings. The lowest BCUT2D eigenvalue weighted by Gasteiger charge is -2.34. The maximum atomic E-state index is 14.7. The molecule has 0 radical (unpaired) electrons. The van der Waals surface area contributed by atoms with E-state index in [-0.39, 0.29) is 45.1 Å². The van der Waals surface area contributed by atoms with E-state index in [4.69, 9.17) is 23.2 Å². The number of guanidine groups is 1. The van der Waals surface area contributed by atoms with Crippen LogP contribution in [0.15, 0.2) is 40.3 Å². The highest BCUT2D eigenvalue weighted by Crippen LogP contribution is 2.36. The number of aliphatic imine (C=N–C) groups is 1. The third kappa shape index (κ3) is 4.72. The minimum atomic E-state index is -0.706. The normalized spacial score (nSPS) is 23.0. The van der Waals surface area contributed by atoms with Crippen molar-refractivity contribution in [1.29, 1.82) is 0 Å². The molecule has 1 unspecified atom stereocenters. The van der Waals surface area contributed by atoms with Gasteiger partial charge < -0.3 is 16.0 Å². The third-order valence-corrected chi connectivity index (χ3v) is 6.69. The highest BCUT2D eigenvalue weighted by molar-refractivity contribution is 6.36. The molecule has 166 valence electrons. The highest BCUT2D eigenvalue weighted by atomic mass is 35.5. The van der Waals surface area contributed by atoms with Gasteiger partial charge in [0.15, 0.2) is 5.82 Å². The summed E-state index contributed by atoms with van der Waals surface area (Å²) in [7, 11) is 0. The number of rotatable bonds is 3. The first-order valence-electron chi connectivity index (χ1n) is 10.3. The molecule has 9 heteroatoms. The maximum Gasteiger partial charge on any atom is 0.254 e. The summed E-state index contributed by atoms with van der Waals surface area (Å²) in [5.74, 6) is -1.42. The summed E-state index contributed by atoms with van der Waals surface area (Å²) in [6.45, 7) is 4.44. The number of carbonyl (C=O) groups excluding carboxylic acids is 1. The number of halogens is 4. The predicted molar refractivity (Wildman–Crippen MR) is 119 cm³/mol. The second-order valence-electron chi connectivity index (χ2n) is 9.00. The Morgan fingerprint density at radius 1 is 1.19 bits per heavy atom. The first-order valence-corrected chi connectivity index (χ1v) is 11.1. The fourth-order valence-corrected chi connectivity index (χ4v) is 4.45. The Bertz CT molecular complexity index is 1010. The molecular formula is C22H24Cl2F2N4O. The van der Waals surface area contributed by atoms with Gasteiger partial charge >= 0.3 is 0 Å². The predicted octanol–water partition coefficient (Wildman–Crippen LogP) is 5.47. The second kappa shape index (κ2) is 8.43. The molecule has 0 saturated heterocycles. The Labute approximate surface area is 190 Å². The van der Waals surface area contributed by atoms with Gasteiger partial charge in [0.25, 0.3) is 5.91 Å². The van der Waals surface area contributed by atoms with Crippen LogP contribution in [-0.2, 0) is 4.79 Å². The molecule has 3 aliphatic rings. The van der Waals surface area contributed by atoms with Crippen molar-refractivity contribution >= 4 is 40.8 Å². The molecule has 1 aliphatic heterocycles. The number of benzene rings is 1. The summed E-state index contributed by atoms with van der Waals surface area (Å²) in [4.78, 5) is 17.1. The van der Waals surface area contributed by atoms with E-state index < -0.39 is 23.6 Å². The molecule has 0 bridgehead atoms. The molecule has 4 rings (SSSR count). The van der Waals surface area contributed by atoms with Gasteiger partial charge in [-0.2, -0.15) is 0 Å². The van der Waals surface area contributed by atoms with Gasteiger partial charge in [-0.15, -0.1) is 0 Å². The summed E-state index contributed by atoms with van der Waals surface area (Å²) in [6, 6.07) is 2.42. The molecule has 2 aliphatic carbocycles. The number of nitrogens with one attached hydrogen (secondary N) is 3. The summed E-state index contributed by atoms with van der Waals surface area (Å²) >= 11 is 11.9. The van der Waals surface area contributed by atoms with Gasteiger partial charge in [-0.1, -0.05) is 37.0 Å². The van der Waals surface area contributed by atoms with E-state index in [1.54, 1.807) is 0 Å². The van der Waals surface area contributed by atoms with Gasteiger partial charge in [0, 0.05) is 12.5 Å². The van der Waals surface area contributed by atoms with Crippen LogP contribution in [0.2, 0.25) is 10.0 Å². The number of nitrogens with zero attached hydrogens (tertiary/aromatic N) is 1. The van der Waals surface area contributed by atoms with Gasteiger partial charge in [-0.3, -0.25) is 4.79 Å². The van der Waals surface area contributed by atoms with E-state index in [1.165, 1.54) is 18.2 Å². The molecule has 0 aromatic heterocycles. The minimum absolute atomic E-state index is 0.00477. The Morgan fingerprint density at radius 3 is 2.58 bits per heavy atom. The minimum Gasteiger partial charge on any atom is -0.349 e. The van der Waals surface area contributed by atoms with Crippen LogP contribution in [-0.4, -0.2) is 24.0 Å². The van der Waals surface area contributed by atoms with Crippen LogP contribution in [0.5, 0.6) is 0 Å². The van der Waals surface area contributed by atoms with E-state index in [0.717, 1.165) is 25.7 Å². The van der Waals surface area contributed by atoms with E-state index in [2.05, 4.69) is 34.8 Å². The Morgan fingerprint density at radius 2 is 1.87 bits per heavy atom. The van der Waals surface area contributed by atoms with Crippen molar-refractivity contribution in [2.45, 2.75) is 58.0 Å². The molecule has 1 fully saturated rings. The average Bonchev–Trinajstić information content (AvgIpc) is 3.10. The largest absolute Gasteiger partial charge is 0.349 e. The Kier molecular flexibility index (Phi) is 6.01. The van der Waals surface area contributed by atoms with Crippen LogP contribution in [0.3, 0.4) is 0 Å².